The van der Waals surface area contributed by atoms with Gasteiger partial charge in [-0.05, 0) is 35.2 Å². The van der Waals surface area contributed by atoms with Crippen LogP contribution in [-0.4, -0.2) is 45.5 Å². The van der Waals surface area contributed by atoms with Crippen LogP contribution in [0.3, 0.4) is 0 Å². The minimum absolute atomic E-state index is 0.0850. The number of thioether (sulfide) groups is 1. The van der Waals surface area contributed by atoms with E-state index >= 15 is 0 Å². The van der Waals surface area contributed by atoms with E-state index in [1.807, 2.05) is 0 Å². The van der Waals surface area contributed by atoms with Crippen LogP contribution in [0.4, 0.5) is 23.7 Å². The van der Waals surface area contributed by atoms with Gasteiger partial charge in [0.2, 0.25) is 11.8 Å². The topological polar surface area (TPSA) is 69.7 Å². The summed E-state index contributed by atoms with van der Waals surface area (Å²) in [6.45, 7) is -0.549. The van der Waals surface area contributed by atoms with E-state index in [-0.39, 0.29) is 12.2 Å². The summed E-state index contributed by atoms with van der Waals surface area (Å²) in [6.07, 6.45) is 1.65. The summed E-state index contributed by atoms with van der Waals surface area (Å²) in [5.74, 6) is -3.14. The molecular weight excluding hydrogens is 431 g/mol. The molecule has 0 saturated carbocycles. The molecule has 2 aliphatic rings. The molecule has 2 unspecified atom stereocenters. The van der Waals surface area contributed by atoms with Crippen LogP contribution in [0.15, 0.2) is 53.9 Å². The van der Waals surface area contributed by atoms with Gasteiger partial charge in [0, 0.05) is 6.07 Å². The first-order valence-electron chi connectivity index (χ1n) is 9.27. The maximum atomic E-state index is 13.8. The lowest BCUT2D eigenvalue weighted by Gasteiger charge is -2.40. The molecule has 160 valence electrons. The van der Waals surface area contributed by atoms with Gasteiger partial charge in [-0.25, -0.2) is 18.0 Å². The smallest absolute Gasteiger partial charge is 0.322 e. The van der Waals surface area contributed by atoms with Crippen molar-refractivity contribution >= 4 is 35.3 Å². The molecule has 0 aliphatic carbocycles. The van der Waals surface area contributed by atoms with Gasteiger partial charge in [-0.2, -0.15) is 0 Å². The number of carbonyl (C=O) groups excluding carboxylic acids is 3. The minimum atomic E-state index is -0.818. The van der Waals surface area contributed by atoms with Crippen molar-refractivity contribution in [3.63, 3.8) is 0 Å². The third kappa shape index (κ3) is 4.29. The van der Waals surface area contributed by atoms with Crippen LogP contribution in [0.5, 0.6) is 0 Å². The van der Waals surface area contributed by atoms with Crippen molar-refractivity contribution in [2.45, 2.75) is 17.8 Å². The zero-order chi connectivity index (χ0) is 22.1. The molecule has 4 rings (SSSR count). The quantitative estimate of drug-likeness (QED) is 0.762. The first kappa shape index (κ1) is 21.0. The summed E-state index contributed by atoms with van der Waals surface area (Å²) in [4.78, 5) is 40.6. The van der Waals surface area contributed by atoms with Crippen LogP contribution in [0.2, 0.25) is 0 Å². The average molecular weight is 447 g/mol. The first-order valence-corrected chi connectivity index (χ1v) is 10.2. The molecule has 6 nitrogen and oxygen atoms in total. The molecule has 1 fully saturated rings. The molecular formula is C21H16F3N3O3S. The number of amides is 4. The van der Waals surface area contributed by atoms with E-state index < -0.39 is 53.1 Å². The van der Waals surface area contributed by atoms with Gasteiger partial charge in [0.05, 0.1) is 18.3 Å². The maximum Gasteiger partial charge on any atom is 0.328 e. The number of hydrogen-bond acceptors (Lipinski definition) is 4. The summed E-state index contributed by atoms with van der Waals surface area (Å²) in [5, 5.41) is 3.31. The van der Waals surface area contributed by atoms with Crippen molar-refractivity contribution in [3.8, 4) is 0 Å². The molecule has 10 heteroatoms. The van der Waals surface area contributed by atoms with Crippen LogP contribution in [-0.2, 0) is 16.1 Å². The number of anilines is 1. The summed E-state index contributed by atoms with van der Waals surface area (Å²) in [5.41, 5.74) is 0.199. The molecule has 0 bridgehead atoms. The lowest BCUT2D eigenvalue weighted by Crippen LogP contribution is -2.62. The number of imide groups is 1. The van der Waals surface area contributed by atoms with Crippen LogP contribution in [0, 0.1) is 17.5 Å². The van der Waals surface area contributed by atoms with E-state index in [1.165, 1.54) is 40.9 Å². The Kier molecular flexibility index (Phi) is 5.73. The number of hydrogen-bond donors (Lipinski definition) is 1. The molecule has 2 aromatic rings. The fraction of sp³-hybridized carbons (Fsp3) is 0.190. The normalized spacial score (nSPS) is 20.2. The van der Waals surface area contributed by atoms with Gasteiger partial charge in [0.25, 0.3) is 0 Å². The van der Waals surface area contributed by atoms with Gasteiger partial charge >= 0.3 is 6.03 Å². The fourth-order valence-corrected chi connectivity index (χ4v) is 4.49. The lowest BCUT2D eigenvalue weighted by atomic mass is 10.1. The molecule has 1 N–H and O–H groups in total. The summed E-state index contributed by atoms with van der Waals surface area (Å²) in [6, 6.07) is 6.68. The summed E-state index contributed by atoms with van der Waals surface area (Å²) >= 11 is 1.23. The highest BCUT2D eigenvalue weighted by atomic mass is 32.2. The summed E-state index contributed by atoms with van der Waals surface area (Å²) < 4.78 is 40.4. The van der Waals surface area contributed by atoms with E-state index in [1.54, 1.807) is 11.5 Å². The fourth-order valence-electron chi connectivity index (χ4n) is 3.42. The highest BCUT2D eigenvalue weighted by molar-refractivity contribution is 8.03. The Morgan fingerprint density at radius 2 is 1.74 bits per heavy atom. The van der Waals surface area contributed by atoms with Gasteiger partial charge in [-0.15, -0.1) is 11.8 Å². The molecule has 0 spiro atoms. The van der Waals surface area contributed by atoms with E-state index in [2.05, 4.69) is 5.32 Å². The Bertz CT molecular complexity index is 1080. The number of benzene rings is 2. The number of halogens is 3. The van der Waals surface area contributed by atoms with E-state index in [4.69, 9.17) is 0 Å². The predicted molar refractivity (Wildman–Crippen MR) is 108 cm³/mol. The van der Waals surface area contributed by atoms with Crippen molar-refractivity contribution < 1.29 is 27.6 Å². The number of nitrogens with one attached hydrogen (secondary N) is 1. The largest absolute Gasteiger partial charge is 0.328 e. The Labute approximate surface area is 179 Å². The highest BCUT2D eigenvalue weighted by Gasteiger charge is 2.47. The second-order valence-corrected chi connectivity index (χ2v) is 8.06. The Morgan fingerprint density at radius 3 is 2.48 bits per heavy atom. The van der Waals surface area contributed by atoms with Crippen LogP contribution < -0.4 is 5.32 Å². The number of carbonyl (C=O) groups is 3. The van der Waals surface area contributed by atoms with Crippen LogP contribution in [0.1, 0.15) is 5.56 Å². The minimum Gasteiger partial charge on any atom is -0.322 e. The van der Waals surface area contributed by atoms with Gasteiger partial charge in [0.1, 0.15) is 29.2 Å². The molecule has 2 aromatic carbocycles. The number of urea groups is 1. The monoisotopic (exact) mass is 447 g/mol. The number of nitrogens with zero attached hydrogens (tertiary/aromatic N) is 2. The molecule has 2 aliphatic heterocycles. The first-order chi connectivity index (χ1) is 14.8. The van der Waals surface area contributed by atoms with Gasteiger partial charge < -0.3 is 10.2 Å². The van der Waals surface area contributed by atoms with Gasteiger partial charge in [0.15, 0.2) is 0 Å². The highest BCUT2D eigenvalue weighted by Crippen LogP contribution is 2.35. The van der Waals surface area contributed by atoms with Gasteiger partial charge in [-0.1, -0.05) is 18.2 Å². The maximum absolute atomic E-state index is 13.8. The molecule has 0 aromatic heterocycles. The molecule has 4 amide bonds. The second-order valence-electron chi connectivity index (χ2n) is 7.01. The molecule has 2 heterocycles. The third-order valence-electron chi connectivity index (χ3n) is 4.93. The van der Waals surface area contributed by atoms with Crippen molar-refractivity contribution in [1.29, 1.82) is 0 Å². The van der Waals surface area contributed by atoms with Crippen molar-refractivity contribution in [3.05, 3.63) is 77.0 Å². The zero-order valence-electron chi connectivity index (χ0n) is 15.9. The third-order valence-corrected chi connectivity index (χ3v) is 6.02. The SMILES string of the molecule is O=C(CN1C(=O)N(Cc2ccc(F)cc2)C(=O)C2SC=CC21)Nc1cc(F)ccc1F. The molecule has 0 radical (unpaired) electrons. The zero-order valence-corrected chi connectivity index (χ0v) is 16.7. The summed E-state index contributed by atoms with van der Waals surface area (Å²) in [7, 11) is 0. The predicted octanol–water partition coefficient (Wildman–Crippen LogP) is 3.50. The van der Waals surface area contributed by atoms with E-state index in [0.717, 1.165) is 23.1 Å². The van der Waals surface area contributed by atoms with E-state index in [9.17, 15) is 27.6 Å². The van der Waals surface area contributed by atoms with Gasteiger partial charge in [-0.3, -0.25) is 14.5 Å². The standard InChI is InChI=1S/C21H16F3N3O3S/c22-13-3-1-12(2-4-13)10-27-20(29)19-17(7-8-31-19)26(21(27)30)11-18(28)25-16-9-14(23)5-6-15(16)24/h1-9,17,19H,10-11H2,(H,25,28). The number of rotatable bonds is 5. The lowest BCUT2D eigenvalue weighted by molar-refractivity contribution is -0.132. The van der Waals surface area contributed by atoms with Crippen LogP contribution in [0.25, 0.3) is 0 Å². The molecule has 2 atom stereocenters. The van der Waals surface area contributed by atoms with Crippen LogP contribution >= 0.6 is 11.8 Å². The molecule has 1 saturated heterocycles. The molecule has 31 heavy (non-hydrogen) atoms. The number of fused-ring (bicyclic) bond motifs is 1. The average Bonchev–Trinajstić information content (AvgIpc) is 3.22. The second kappa shape index (κ2) is 8.46. The van der Waals surface area contributed by atoms with E-state index in [0.29, 0.717) is 5.56 Å². The van der Waals surface area contributed by atoms with Crippen molar-refractivity contribution in [2.24, 2.45) is 0 Å². The Balaban J connectivity index is 1.53. The Hall–Kier alpha value is -3.27. The van der Waals surface area contributed by atoms with Crippen molar-refractivity contribution in [1.82, 2.24) is 9.80 Å². The Morgan fingerprint density at radius 1 is 1.03 bits per heavy atom. The van der Waals surface area contributed by atoms with Crippen molar-refractivity contribution in [2.75, 3.05) is 11.9 Å².